The van der Waals surface area contributed by atoms with Gasteiger partial charge in [0, 0.05) is 35.9 Å². The van der Waals surface area contributed by atoms with E-state index in [0.29, 0.717) is 12.2 Å². The number of fused-ring (bicyclic) bond motifs is 2. The lowest BCUT2D eigenvalue weighted by molar-refractivity contribution is 0.0946. The van der Waals surface area contributed by atoms with Crippen LogP contribution >= 0.6 is 0 Å². The van der Waals surface area contributed by atoms with E-state index in [0.717, 1.165) is 47.4 Å². The maximum absolute atomic E-state index is 12.6. The number of ether oxygens (including phenoxy) is 1. The number of carbonyl (C=O) groups excluding carboxylic acids is 1. The van der Waals surface area contributed by atoms with Crippen LogP contribution in [0.2, 0.25) is 0 Å². The lowest BCUT2D eigenvalue weighted by Crippen LogP contribution is -2.29. The second-order valence-electron chi connectivity index (χ2n) is 6.57. The predicted molar refractivity (Wildman–Crippen MR) is 100 cm³/mol. The standard InChI is InChI=1S/C20H22N4O2/c1-12-17(16-5-6-21-9-14(16)10-22-12)11-23-20(25)19-8-13-7-15(26-2)3-4-18(13)24-19/h3-4,7-8,10,21,24H,5-6,9,11H2,1-2H3,(H,23,25). The number of aryl methyl sites for hydroxylation is 1. The van der Waals surface area contributed by atoms with Gasteiger partial charge in [0.05, 0.1) is 7.11 Å². The van der Waals surface area contributed by atoms with Gasteiger partial charge in [0.2, 0.25) is 0 Å². The fourth-order valence-corrected chi connectivity index (χ4v) is 3.50. The van der Waals surface area contributed by atoms with Crippen LogP contribution in [0.4, 0.5) is 0 Å². The van der Waals surface area contributed by atoms with Crippen molar-refractivity contribution in [1.29, 1.82) is 0 Å². The van der Waals surface area contributed by atoms with Gasteiger partial charge < -0.3 is 20.4 Å². The van der Waals surface area contributed by atoms with E-state index in [2.05, 4.69) is 20.6 Å². The molecule has 6 heteroatoms. The van der Waals surface area contributed by atoms with Gasteiger partial charge in [0.15, 0.2) is 0 Å². The second kappa shape index (κ2) is 6.80. The van der Waals surface area contributed by atoms with Crippen LogP contribution in [-0.4, -0.2) is 29.5 Å². The summed E-state index contributed by atoms with van der Waals surface area (Å²) in [5.74, 6) is 0.654. The van der Waals surface area contributed by atoms with E-state index in [4.69, 9.17) is 4.74 Å². The van der Waals surface area contributed by atoms with E-state index in [9.17, 15) is 4.79 Å². The number of carbonyl (C=O) groups is 1. The third kappa shape index (κ3) is 3.04. The molecule has 4 rings (SSSR count). The summed E-state index contributed by atoms with van der Waals surface area (Å²) in [4.78, 5) is 20.3. The van der Waals surface area contributed by atoms with E-state index < -0.39 is 0 Å². The highest BCUT2D eigenvalue weighted by molar-refractivity contribution is 5.98. The van der Waals surface area contributed by atoms with Crippen LogP contribution in [0.1, 0.15) is 32.9 Å². The highest BCUT2D eigenvalue weighted by Gasteiger charge is 2.17. The number of benzene rings is 1. The topological polar surface area (TPSA) is 79.0 Å². The van der Waals surface area contributed by atoms with Gasteiger partial charge in [-0.1, -0.05) is 0 Å². The Kier molecular flexibility index (Phi) is 4.34. The molecule has 0 saturated heterocycles. The molecular weight excluding hydrogens is 328 g/mol. The Morgan fingerprint density at radius 3 is 3.08 bits per heavy atom. The van der Waals surface area contributed by atoms with Gasteiger partial charge in [-0.3, -0.25) is 9.78 Å². The van der Waals surface area contributed by atoms with Crippen molar-refractivity contribution in [2.24, 2.45) is 0 Å². The number of H-pyrrole nitrogens is 1. The Balaban J connectivity index is 1.54. The van der Waals surface area contributed by atoms with Crippen LogP contribution in [0.3, 0.4) is 0 Å². The van der Waals surface area contributed by atoms with Gasteiger partial charge in [-0.15, -0.1) is 0 Å². The van der Waals surface area contributed by atoms with Crippen molar-refractivity contribution in [2.45, 2.75) is 26.4 Å². The van der Waals surface area contributed by atoms with Crippen LogP contribution in [0, 0.1) is 6.92 Å². The average Bonchev–Trinajstić information content (AvgIpc) is 3.10. The number of hydrogen-bond donors (Lipinski definition) is 3. The van der Waals surface area contributed by atoms with Crippen molar-refractivity contribution in [3.8, 4) is 5.75 Å². The molecule has 2 aromatic heterocycles. The zero-order valence-corrected chi connectivity index (χ0v) is 15.0. The number of rotatable bonds is 4. The molecule has 0 atom stereocenters. The van der Waals surface area contributed by atoms with Gasteiger partial charge in [-0.05, 0) is 60.8 Å². The molecule has 0 saturated carbocycles. The van der Waals surface area contributed by atoms with Crippen molar-refractivity contribution in [3.05, 3.63) is 58.5 Å². The summed E-state index contributed by atoms with van der Waals surface area (Å²) in [6.07, 6.45) is 2.91. The van der Waals surface area contributed by atoms with Crippen LogP contribution in [0.5, 0.6) is 5.75 Å². The minimum Gasteiger partial charge on any atom is -0.497 e. The molecule has 0 fully saturated rings. The number of aromatic nitrogens is 2. The van der Waals surface area contributed by atoms with Crippen molar-refractivity contribution in [3.63, 3.8) is 0 Å². The van der Waals surface area contributed by atoms with Gasteiger partial charge in [0.1, 0.15) is 11.4 Å². The molecule has 1 aliphatic rings. The largest absolute Gasteiger partial charge is 0.497 e. The highest BCUT2D eigenvalue weighted by Crippen LogP contribution is 2.22. The third-order valence-electron chi connectivity index (χ3n) is 4.97. The molecular formula is C20H22N4O2. The summed E-state index contributed by atoms with van der Waals surface area (Å²) in [6.45, 7) is 4.28. The summed E-state index contributed by atoms with van der Waals surface area (Å²) in [6, 6.07) is 7.55. The first kappa shape index (κ1) is 16.6. The predicted octanol–water partition coefficient (Wildman–Crippen LogP) is 2.46. The molecule has 6 nitrogen and oxygen atoms in total. The first-order valence-electron chi connectivity index (χ1n) is 8.77. The molecule has 1 amide bonds. The van der Waals surface area contributed by atoms with Gasteiger partial charge >= 0.3 is 0 Å². The summed E-state index contributed by atoms with van der Waals surface area (Å²) in [7, 11) is 1.63. The lowest BCUT2D eigenvalue weighted by atomic mass is 9.96. The maximum atomic E-state index is 12.6. The number of aromatic amines is 1. The fraction of sp³-hybridized carbons (Fsp3) is 0.300. The molecule has 3 heterocycles. The fourth-order valence-electron chi connectivity index (χ4n) is 3.50. The third-order valence-corrected chi connectivity index (χ3v) is 4.97. The lowest BCUT2D eigenvalue weighted by Gasteiger charge is -2.21. The van der Waals surface area contributed by atoms with Gasteiger partial charge in [0.25, 0.3) is 5.91 Å². The zero-order chi connectivity index (χ0) is 18.1. The monoisotopic (exact) mass is 350 g/mol. The summed E-state index contributed by atoms with van der Waals surface area (Å²) >= 11 is 0. The molecule has 3 N–H and O–H groups in total. The molecule has 1 aliphatic heterocycles. The van der Waals surface area contributed by atoms with Crippen LogP contribution < -0.4 is 15.4 Å². The Labute approximate surface area is 152 Å². The van der Waals surface area contributed by atoms with E-state index in [1.54, 1.807) is 7.11 Å². The SMILES string of the molecule is COc1ccc2[nH]c(C(=O)NCc3c(C)ncc4c3CCNC4)cc2c1. The van der Waals surface area contributed by atoms with Crippen LogP contribution in [0.25, 0.3) is 10.9 Å². The summed E-state index contributed by atoms with van der Waals surface area (Å²) in [5.41, 5.74) is 6.12. The van der Waals surface area contributed by atoms with Crippen LogP contribution in [0.15, 0.2) is 30.5 Å². The normalized spacial score (nSPS) is 13.5. The number of methoxy groups -OCH3 is 1. The van der Waals surface area contributed by atoms with Gasteiger partial charge in [-0.2, -0.15) is 0 Å². The van der Waals surface area contributed by atoms with Crippen LogP contribution in [-0.2, 0) is 19.5 Å². The minimum atomic E-state index is -0.119. The molecule has 134 valence electrons. The Morgan fingerprint density at radius 2 is 2.23 bits per heavy atom. The van der Waals surface area contributed by atoms with Gasteiger partial charge in [-0.25, -0.2) is 0 Å². The Hall–Kier alpha value is -2.86. The molecule has 0 unspecified atom stereocenters. The van der Waals surface area contributed by atoms with E-state index >= 15 is 0 Å². The van der Waals surface area contributed by atoms with E-state index in [1.807, 2.05) is 37.4 Å². The highest BCUT2D eigenvalue weighted by atomic mass is 16.5. The number of nitrogens with one attached hydrogen (secondary N) is 3. The summed E-state index contributed by atoms with van der Waals surface area (Å²) in [5, 5.41) is 7.35. The van der Waals surface area contributed by atoms with E-state index in [-0.39, 0.29) is 5.91 Å². The molecule has 26 heavy (non-hydrogen) atoms. The molecule has 0 radical (unpaired) electrons. The molecule has 3 aromatic rings. The Bertz CT molecular complexity index is 977. The number of nitrogens with zero attached hydrogens (tertiary/aromatic N) is 1. The van der Waals surface area contributed by atoms with E-state index in [1.165, 1.54) is 11.1 Å². The molecule has 0 bridgehead atoms. The second-order valence-corrected chi connectivity index (χ2v) is 6.57. The number of pyridine rings is 1. The number of hydrogen-bond acceptors (Lipinski definition) is 4. The van der Waals surface area contributed by atoms with Crippen molar-refractivity contribution in [2.75, 3.05) is 13.7 Å². The molecule has 0 spiro atoms. The Morgan fingerprint density at radius 1 is 1.35 bits per heavy atom. The minimum absolute atomic E-state index is 0.119. The van der Waals surface area contributed by atoms with Crippen molar-refractivity contribution < 1.29 is 9.53 Å². The smallest absolute Gasteiger partial charge is 0.267 e. The number of amides is 1. The molecule has 0 aliphatic carbocycles. The first-order valence-corrected chi connectivity index (χ1v) is 8.77. The summed E-state index contributed by atoms with van der Waals surface area (Å²) < 4.78 is 5.24. The van der Waals surface area contributed by atoms with Crippen molar-refractivity contribution >= 4 is 16.8 Å². The maximum Gasteiger partial charge on any atom is 0.267 e. The first-order chi connectivity index (χ1) is 12.7. The quantitative estimate of drug-likeness (QED) is 0.675. The van der Waals surface area contributed by atoms with Crippen molar-refractivity contribution in [1.82, 2.24) is 20.6 Å². The average molecular weight is 350 g/mol. The molecule has 1 aromatic carbocycles. The zero-order valence-electron chi connectivity index (χ0n) is 15.0.